The standard InChI is InChI=1S/C21H27N3O2/c1-15(2)13-23-21(26)24-19(25)14-22-20(17-7-5-4-6-8-17)18-11-9-16(3)10-12-18/h4-12,15,20,22H,13-14H2,1-3H3,(H2,23,24,25,26)/p+1/t20-/m1/s1. The fourth-order valence-corrected chi connectivity index (χ4v) is 2.64. The normalized spacial score (nSPS) is 11.8. The van der Waals surface area contributed by atoms with Crippen molar-refractivity contribution in [2.24, 2.45) is 5.92 Å². The lowest BCUT2D eigenvalue weighted by Crippen LogP contribution is -2.88. The molecule has 0 unspecified atom stereocenters. The molecule has 5 heteroatoms. The van der Waals surface area contributed by atoms with Gasteiger partial charge in [-0.15, -0.1) is 0 Å². The van der Waals surface area contributed by atoms with Gasteiger partial charge in [-0.1, -0.05) is 74.0 Å². The molecule has 0 spiro atoms. The first-order chi connectivity index (χ1) is 12.5. The number of urea groups is 1. The number of amides is 3. The van der Waals surface area contributed by atoms with Gasteiger partial charge in [0.2, 0.25) is 0 Å². The van der Waals surface area contributed by atoms with E-state index in [1.807, 2.05) is 56.4 Å². The maximum Gasteiger partial charge on any atom is 0.321 e. The van der Waals surface area contributed by atoms with Crippen molar-refractivity contribution < 1.29 is 14.9 Å². The van der Waals surface area contributed by atoms with Crippen LogP contribution in [0.1, 0.15) is 36.6 Å². The topological polar surface area (TPSA) is 74.8 Å². The maximum absolute atomic E-state index is 12.1. The van der Waals surface area contributed by atoms with E-state index in [1.165, 1.54) is 5.56 Å². The summed E-state index contributed by atoms with van der Waals surface area (Å²) in [5.41, 5.74) is 3.44. The SMILES string of the molecule is Cc1ccc([C@H]([NH2+]CC(=O)NC(=O)NCC(C)C)c2ccccc2)cc1. The molecular formula is C21H28N3O2+. The summed E-state index contributed by atoms with van der Waals surface area (Å²) >= 11 is 0. The van der Waals surface area contributed by atoms with Crippen LogP contribution in [0.2, 0.25) is 0 Å². The second-order valence-corrected chi connectivity index (χ2v) is 6.89. The molecule has 0 aliphatic carbocycles. The molecule has 138 valence electrons. The Balaban J connectivity index is 2.00. The second kappa shape index (κ2) is 9.73. The number of hydrogen-bond acceptors (Lipinski definition) is 2. The molecular weight excluding hydrogens is 326 g/mol. The van der Waals surface area contributed by atoms with Crippen LogP contribution in [0.5, 0.6) is 0 Å². The van der Waals surface area contributed by atoms with Crippen molar-refractivity contribution in [2.75, 3.05) is 13.1 Å². The summed E-state index contributed by atoms with van der Waals surface area (Å²) < 4.78 is 0. The summed E-state index contributed by atoms with van der Waals surface area (Å²) in [7, 11) is 0. The van der Waals surface area contributed by atoms with Crippen molar-refractivity contribution >= 4 is 11.9 Å². The Morgan fingerprint density at radius 3 is 2.19 bits per heavy atom. The minimum absolute atomic E-state index is 0.00118. The second-order valence-electron chi connectivity index (χ2n) is 6.89. The Kier molecular flexibility index (Phi) is 7.36. The largest absolute Gasteiger partial charge is 0.338 e. The van der Waals surface area contributed by atoms with Gasteiger partial charge in [-0.2, -0.15) is 0 Å². The zero-order valence-electron chi connectivity index (χ0n) is 15.7. The van der Waals surface area contributed by atoms with Crippen LogP contribution in [-0.4, -0.2) is 25.0 Å². The van der Waals surface area contributed by atoms with E-state index in [-0.39, 0.29) is 18.5 Å². The molecule has 0 saturated heterocycles. The van der Waals surface area contributed by atoms with E-state index in [0.717, 1.165) is 11.1 Å². The molecule has 0 aliphatic heterocycles. The molecule has 0 radical (unpaired) electrons. The number of hydrogen-bond donors (Lipinski definition) is 3. The Morgan fingerprint density at radius 2 is 1.58 bits per heavy atom. The summed E-state index contributed by atoms with van der Waals surface area (Å²) in [5.74, 6) is 0.0331. The zero-order valence-corrected chi connectivity index (χ0v) is 15.7. The van der Waals surface area contributed by atoms with Crippen molar-refractivity contribution in [3.05, 3.63) is 71.3 Å². The first kappa shape index (κ1) is 19.7. The molecule has 4 N–H and O–H groups in total. The number of benzene rings is 2. The van der Waals surface area contributed by atoms with Gasteiger partial charge in [0.05, 0.1) is 0 Å². The Labute approximate surface area is 155 Å². The Hall–Kier alpha value is -2.66. The lowest BCUT2D eigenvalue weighted by molar-refractivity contribution is -0.676. The number of rotatable bonds is 7. The summed E-state index contributed by atoms with van der Waals surface area (Å²) in [6.07, 6.45) is 0. The number of nitrogens with one attached hydrogen (secondary N) is 2. The molecule has 0 fully saturated rings. The van der Waals surface area contributed by atoms with E-state index in [1.54, 1.807) is 0 Å². The van der Waals surface area contributed by atoms with Gasteiger partial charge in [0.25, 0.3) is 5.91 Å². The number of quaternary nitrogens is 1. The number of imide groups is 1. The highest BCUT2D eigenvalue weighted by molar-refractivity contribution is 5.94. The lowest BCUT2D eigenvalue weighted by atomic mass is 9.98. The fraction of sp³-hybridized carbons (Fsp3) is 0.333. The van der Waals surface area contributed by atoms with Crippen LogP contribution in [0.25, 0.3) is 0 Å². The van der Waals surface area contributed by atoms with Crippen molar-refractivity contribution in [2.45, 2.75) is 26.8 Å². The fourth-order valence-electron chi connectivity index (χ4n) is 2.64. The van der Waals surface area contributed by atoms with E-state index in [2.05, 4.69) is 34.9 Å². The highest BCUT2D eigenvalue weighted by atomic mass is 16.2. The predicted octanol–water partition coefficient (Wildman–Crippen LogP) is 2.13. The number of nitrogens with two attached hydrogens (primary N) is 1. The quantitative estimate of drug-likeness (QED) is 0.712. The summed E-state index contributed by atoms with van der Waals surface area (Å²) in [5, 5.41) is 7.02. The van der Waals surface area contributed by atoms with Gasteiger partial charge in [0, 0.05) is 17.7 Å². The van der Waals surface area contributed by atoms with E-state index < -0.39 is 6.03 Å². The molecule has 2 rings (SSSR count). The molecule has 2 aromatic rings. The smallest absolute Gasteiger partial charge is 0.321 e. The van der Waals surface area contributed by atoms with Gasteiger partial charge < -0.3 is 10.6 Å². The van der Waals surface area contributed by atoms with Gasteiger partial charge in [0.1, 0.15) is 6.04 Å². The molecule has 0 heterocycles. The average Bonchev–Trinajstić information content (AvgIpc) is 2.62. The molecule has 2 aromatic carbocycles. The summed E-state index contributed by atoms with van der Waals surface area (Å²) in [6, 6.07) is 17.9. The first-order valence-electron chi connectivity index (χ1n) is 8.98. The van der Waals surface area contributed by atoms with Gasteiger partial charge in [-0.25, -0.2) is 4.79 Å². The van der Waals surface area contributed by atoms with Crippen molar-refractivity contribution in [1.82, 2.24) is 10.6 Å². The first-order valence-corrected chi connectivity index (χ1v) is 8.98. The summed E-state index contributed by atoms with van der Waals surface area (Å²) in [6.45, 7) is 6.76. The number of carbonyl (C=O) groups is 2. The molecule has 0 aliphatic rings. The molecule has 0 saturated carbocycles. The molecule has 0 bridgehead atoms. The highest BCUT2D eigenvalue weighted by Crippen LogP contribution is 2.18. The zero-order chi connectivity index (χ0) is 18.9. The Morgan fingerprint density at radius 1 is 0.962 bits per heavy atom. The number of aryl methyl sites for hydroxylation is 1. The molecule has 26 heavy (non-hydrogen) atoms. The Bertz CT molecular complexity index is 712. The third kappa shape index (κ3) is 6.33. The third-order valence-electron chi connectivity index (χ3n) is 4.06. The van der Waals surface area contributed by atoms with Crippen LogP contribution in [0.4, 0.5) is 4.79 Å². The van der Waals surface area contributed by atoms with Gasteiger partial charge in [-0.3, -0.25) is 10.1 Å². The highest BCUT2D eigenvalue weighted by Gasteiger charge is 2.19. The van der Waals surface area contributed by atoms with E-state index in [0.29, 0.717) is 12.5 Å². The van der Waals surface area contributed by atoms with Crippen LogP contribution >= 0.6 is 0 Å². The van der Waals surface area contributed by atoms with Crippen molar-refractivity contribution in [3.63, 3.8) is 0 Å². The third-order valence-corrected chi connectivity index (χ3v) is 4.06. The molecule has 1 atom stereocenters. The van der Waals surface area contributed by atoms with E-state index >= 15 is 0 Å². The van der Waals surface area contributed by atoms with Crippen LogP contribution < -0.4 is 16.0 Å². The minimum Gasteiger partial charge on any atom is -0.338 e. The van der Waals surface area contributed by atoms with Crippen molar-refractivity contribution in [3.8, 4) is 0 Å². The summed E-state index contributed by atoms with van der Waals surface area (Å²) in [4.78, 5) is 23.8. The monoisotopic (exact) mass is 354 g/mol. The lowest BCUT2D eigenvalue weighted by Gasteiger charge is -2.17. The van der Waals surface area contributed by atoms with Crippen LogP contribution in [0.15, 0.2) is 54.6 Å². The molecule has 0 aromatic heterocycles. The minimum atomic E-state index is -0.441. The number of carbonyl (C=O) groups excluding carboxylic acids is 2. The van der Waals surface area contributed by atoms with E-state index in [9.17, 15) is 9.59 Å². The van der Waals surface area contributed by atoms with Crippen LogP contribution in [-0.2, 0) is 4.79 Å². The molecule has 5 nitrogen and oxygen atoms in total. The maximum atomic E-state index is 12.1. The predicted molar refractivity (Wildman–Crippen MR) is 103 cm³/mol. The average molecular weight is 354 g/mol. The van der Waals surface area contributed by atoms with Gasteiger partial charge in [-0.05, 0) is 12.8 Å². The van der Waals surface area contributed by atoms with Crippen LogP contribution in [0.3, 0.4) is 0 Å². The van der Waals surface area contributed by atoms with E-state index in [4.69, 9.17) is 0 Å². The molecule has 3 amide bonds. The van der Waals surface area contributed by atoms with Gasteiger partial charge >= 0.3 is 6.03 Å². The van der Waals surface area contributed by atoms with Gasteiger partial charge in [0.15, 0.2) is 6.54 Å². The van der Waals surface area contributed by atoms with Crippen molar-refractivity contribution in [1.29, 1.82) is 0 Å². The van der Waals surface area contributed by atoms with Crippen LogP contribution in [0, 0.1) is 12.8 Å².